The van der Waals surface area contributed by atoms with E-state index < -0.39 is 0 Å². The number of halogens is 2. The molecule has 1 aliphatic rings. The minimum absolute atomic E-state index is 0.0147. The summed E-state index contributed by atoms with van der Waals surface area (Å²) in [4.78, 5) is 0. The van der Waals surface area contributed by atoms with Crippen molar-refractivity contribution in [3.63, 3.8) is 0 Å². The maximum atomic E-state index is 13.6. The van der Waals surface area contributed by atoms with Crippen LogP contribution in [0.2, 0.25) is 0 Å². The molecule has 0 radical (unpaired) electrons. The summed E-state index contributed by atoms with van der Waals surface area (Å²) in [7, 11) is 0. The van der Waals surface area contributed by atoms with E-state index in [-0.39, 0.29) is 11.9 Å². The van der Waals surface area contributed by atoms with Crippen molar-refractivity contribution in [2.75, 3.05) is 17.7 Å². The molecule has 3 N–H and O–H groups in total. The van der Waals surface area contributed by atoms with Crippen molar-refractivity contribution in [3.05, 3.63) is 52.3 Å². The monoisotopic (exact) mass is 322 g/mol. The molecule has 0 amide bonds. The lowest BCUT2D eigenvalue weighted by Crippen LogP contribution is -2.13. The first-order valence-corrected chi connectivity index (χ1v) is 6.67. The third-order valence-corrected chi connectivity index (χ3v) is 3.73. The van der Waals surface area contributed by atoms with Gasteiger partial charge in [-0.2, -0.15) is 0 Å². The summed E-state index contributed by atoms with van der Waals surface area (Å²) in [6, 6.07) is 10.7. The number of nitrogens with one attached hydrogen (secondary N) is 1. The highest BCUT2D eigenvalue weighted by atomic mass is 79.9. The van der Waals surface area contributed by atoms with E-state index in [4.69, 9.17) is 10.5 Å². The van der Waals surface area contributed by atoms with Crippen LogP contribution in [-0.2, 0) is 0 Å². The average molecular weight is 323 g/mol. The van der Waals surface area contributed by atoms with Crippen molar-refractivity contribution in [2.24, 2.45) is 0 Å². The van der Waals surface area contributed by atoms with E-state index in [0.717, 1.165) is 11.3 Å². The molecule has 0 aliphatic carbocycles. The second-order valence-corrected chi connectivity index (χ2v) is 5.25. The van der Waals surface area contributed by atoms with Crippen LogP contribution in [0, 0.1) is 5.82 Å². The van der Waals surface area contributed by atoms with E-state index in [9.17, 15) is 4.39 Å². The molecule has 2 aromatic carbocycles. The number of para-hydroxylation sites is 1. The average Bonchev–Trinajstić information content (AvgIpc) is 2.80. The standard InChI is InChI=1S/C14H12BrFN2O/c15-9-5-11(17)12(6-10(9)16)18-13-7-19-14-4-2-1-3-8(13)14/h1-6,13,18H,7,17H2. The van der Waals surface area contributed by atoms with Crippen molar-refractivity contribution in [1.29, 1.82) is 0 Å². The molecule has 0 spiro atoms. The van der Waals surface area contributed by atoms with Crippen molar-refractivity contribution in [2.45, 2.75) is 6.04 Å². The Morgan fingerprint density at radius 2 is 2.11 bits per heavy atom. The number of hydrogen-bond acceptors (Lipinski definition) is 3. The highest BCUT2D eigenvalue weighted by molar-refractivity contribution is 9.10. The molecule has 19 heavy (non-hydrogen) atoms. The van der Waals surface area contributed by atoms with Crippen LogP contribution in [0.1, 0.15) is 11.6 Å². The van der Waals surface area contributed by atoms with Gasteiger partial charge in [-0.05, 0) is 28.1 Å². The highest BCUT2D eigenvalue weighted by Gasteiger charge is 2.24. The second-order valence-electron chi connectivity index (χ2n) is 4.40. The number of ether oxygens (including phenoxy) is 1. The fourth-order valence-corrected chi connectivity index (χ4v) is 2.52. The maximum Gasteiger partial charge on any atom is 0.139 e. The van der Waals surface area contributed by atoms with Crippen LogP contribution in [0.3, 0.4) is 0 Å². The predicted octanol–water partition coefficient (Wildman–Crippen LogP) is 3.72. The number of rotatable bonds is 2. The molecule has 1 heterocycles. The lowest BCUT2D eigenvalue weighted by Gasteiger charge is -2.15. The van der Waals surface area contributed by atoms with Gasteiger partial charge >= 0.3 is 0 Å². The second kappa shape index (κ2) is 4.74. The molecule has 0 saturated heterocycles. The zero-order valence-electron chi connectivity index (χ0n) is 9.99. The summed E-state index contributed by atoms with van der Waals surface area (Å²) < 4.78 is 19.5. The highest BCUT2D eigenvalue weighted by Crippen LogP contribution is 2.36. The van der Waals surface area contributed by atoms with E-state index in [0.29, 0.717) is 22.5 Å². The first-order valence-electron chi connectivity index (χ1n) is 5.88. The number of nitrogen functional groups attached to an aromatic ring is 1. The zero-order chi connectivity index (χ0) is 13.4. The summed E-state index contributed by atoms with van der Waals surface area (Å²) >= 11 is 3.11. The van der Waals surface area contributed by atoms with Crippen molar-refractivity contribution in [1.82, 2.24) is 0 Å². The SMILES string of the molecule is Nc1cc(Br)c(F)cc1NC1COc2ccccc21. The Morgan fingerprint density at radius 3 is 2.95 bits per heavy atom. The summed E-state index contributed by atoms with van der Waals surface area (Å²) in [6.45, 7) is 0.510. The molecule has 2 aromatic rings. The van der Waals surface area contributed by atoms with Gasteiger partial charge in [0.05, 0.1) is 21.9 Å². The van der Waals surface area contributed by atoms with Gasteiger partial charge in [-0.1, -0.05) is 18.2 Å². The van der Waals surface area contributed by atoms with Crippen LogP contribution >= 0.6 is 15.9 Å². The molecule has 0 aromatic heterocycles. The van der Waals surface area contributed by atoms with Gasteiger partial charge in [0, 0.05) is 11.6 Å². The third kappa shape index (κ3) is 2.26. The third-order valence-electron chi connectivity index (χ3n) is 3.12. The van der Waals surface area contributed by atoms with Crippen molar-refractivity contribution in [3.8, 4) is 5.75 Å². The molecular formula is C14H12BrFN2O. The number of nitrogens with two attached hydrogens (primary N) is 1. The summed E-state index contributed by atoms with van der Waals surface area (Å²) in [5.41, 5.74) is 8.02. The molecule has 5 heteroatoms. The quantitative estimate of drug-likeness (QED) is 0.828. The van der Waals surface area contributed by atoms with Crippen LogP contribution in [0.5, 0.6) is 5.75 Å². The van der Waals surface area contributed by atoms with Crippen LogP contribution in [0.25, 0.3) is 0 Å². The normalized spacial score (nSPS) is 16.8. The number of benzene rings is 2. The van der Waals surface area contributed by atoms with Crippen LogP contribution in [-0.4, -0.2) is 6.61 Å². The summed E-state index contributed by atoms with van der Waals surface area (Å²) in [6.07, 6.45) is 0. The summed E-state index contributed by atoms with van der Waals surface area (Å²) in [5, 5.41) is 3.22. The first-order chi connectivity index (χ1) is 9.15. The topological polar surface area (TPSA) is 47.3 Å². The van der Waals surface area contributed by atoms with Gasteiger partial charge in [0.2, 0.25) is 0 Å². The lowest BCUT2D eigenvalue weighted by atomic mass is 10.1. The Balaban J connectivity index is 1.89. The molecule has 0 bridgehead atoms. The molecule has 3 nitrogen and oxygen atoms in total. The fourth-order valence-electron chi connectivity index (χ4n) is 2.16. The van der Waals surface area contributed by atoms with Crippen LogP contribution < -0.4 is 15.8 Å². The molecule has 0 saturated carbocycles. The predicted molar refractivity (Wildman–Crippen MR) is 76.8 cm³/mol. The van der Waals surface area contributed by atoms with Crippen molar-refractivity contribution >= 4 is 27.3 Å². The van der Waals surface area contributed by atoms with E-state index in [1.165, 1.54) is 6.07 Å². The first kappa shape index (κ1) is 12.3. The van der Waals surface area contributed by atoms with Gasteiger partial charge in [-0.15, -0.1) is 0 Å². The van der Waals surface area contributed by atoms with Gasteiger partial charge in [-0.3, -0.25) is 0 Å². The minimum atomic E-state index is -0.344. The molecule has 3 rings (SSSR count). The van der Waals surface area contributed by atoms with E-state index in [1.807, 2.05) is 24.3 Å². The Morgan fingerprint density at radius 1 is 1.32 bits per heavy atom. The largest absolute Gasteiger partial charge is 0.491 e. The fraction of sp³-hybridized carbons (Fsp3) is 0.143. The Bertz CT molecular complexity index is 633. The van der Waals surface area contributed by atoms with Gasteiger partial charge in [-0.25, -0.2) is 4.39 Å². The van der Waals surface area contributed by atoms with Gasteiger partial charge in [0.25, 0.3) is 0 Å². The van der Waals surface area contributed by atoms with E-state index in [2.05, 4.69) is 21.2 Å². The molecular weight excluding hydrogens is 311 g/mol. The molecule has 1 unspecified atom stereocenters. The van der Waals surface area contributed by atoms with E-state index in [1.54, 1.807) is 6.07 Å². The number of fused-ring (bicyclic) bond motifs is 1. The number of anilines is 2. The van der Waals surface area contributed by atoms with Gasteiger partial charge in [0.1, 0.15) is 18.2 Å². The lowest BCUT2D eigenvalue weighted by molar-refractivity contribution is 0.340. The Labute approximate surface area is 118 Å². The smallest absolute Gasteiger partial charge is 0.139 e. The minimum Gasteiger partial charge on any atom is -0.491 e. The van der Waals surface area contributed by atoms with Gasteiger partial charge < -0.3 is 15.8 Å². The van der Waals surface area contributed by atoms with E-state index >= 15 is 0 Å². The van der Waals surface area contributed by atoms with Crippen LogP contribution in [0.4, 0.5) is 15.8 Å². The zero-order valence-corrected chi connectivity index (χ0v) is 11.6. The van der Waals surface area contributed by atoms with Crippen LogP contribution in [0.15, 0.2) is 40.9 Å². The Kier molecular flexibility index (Phi) is 3.06. The molecule has 98 valence electrons. The van der Waals surface area contributed by atoms with Gasteiger partial charge in [0.15, 0.2) is 0 Å². The summed E-state index contributed by atoms with van der Waals surface area (Å²) in [5.74, 6) is 0.514. The molecule has 0 fully saturated rings. The molecule has 1 aliphatic heterocycles. The Hall–Kier alpha value is -1.75. The molecule has 1 atom stereocenters. The number of hydrogen-bond donors (Lipinski definition) is 2. The van der Waals surface area contributed by atoms with Crippen molar-refractivity contribution < 1.29 is 9.13 Å². The maximum absolute atomic E-state index is 13.6.